The summed E-state index contributed by atoms with van der Waals surface area (Å²) in [5, 5.41) is 24.3. The number of ether oxygens (including phenoxy) is 2. The minimum atomic E-state index is -1.04. The van der Waals surface area contributed by atoms with Crippen molar-refractivity contribution in [2.45, 2.75) is 94.7 Å². The molecule has 5 atom stereocenters. The Morgan fingerprint density at radius 1 is 0.644 bits per heavy atom. The first-order valence-corrected chi connectivity index (χ1v) is 30.5. The highest BCUT2D eigenvalue weighted by Gasteiger charge is 2.39. The van der Waals surface area contributed by atoms with Crippen LogP contribution >= 0.6 is 0 Å². The molecule has 87 heavy (non-hydrogen) atoms. The van der Waals surface area contributed by atoms with Gasteiger partial charge in [-0.1, -0.05) is 87.0 Å². The van der Waals surface area contributed by atoms with Crippen molar-refractivity contribution in [3.05, 3.63) is 144 Å². The molecular formula is C68H75FN14O4. The van der Waals surface area contributed by atoms with Gasteiger partial charge in [-0.15, -0.1) is 0 Å². The summed E-state index contributed by atoms with van der Waals surface area (Å²) < 4.78 is 27.6. The molecule has 0 N–H and O–H groups in total. The predicted molar refractivity (Wildman–Crippen MR) is 338 cm³/mol. The third-order valence-corrected chi connectivity index (χ3v) is 19.0. The van der Waals surface area contributed by atoms with Gasteiger partial charge in [0.25, 0.3) is 5.91 Å². The largest absolute Gasteiger partial charge is 0.462 e. The molecule has 0 saturated carbocycles. The molecule has 19 heteroatoms. The number of hydrogen-bond acceptors (Lipinski definition) is 16. The van der Waals surface area contributed by atoms with Gasteiger partial charge in [0.05, 0.1) is 61.5 Å². The Kier molecular flexibility index (Phi) is 16.9. The fraction of sp³-hybridized carbons (Fsp3) is 0.412. The summed E-state index contributed by atoms with van der Waals surface area (Å²) in [6.45, 7) is 22.0. The number of rotatable bonds is 17. The van der Waals surface area contributed by atoms with Crippen molar-refractivity contribution in [3.63, 3.8) is 0 Å². The third-order valence-electron chi connectivity index (χ3n) is 19.0. The average Bonchev–Trinajstić information content (AvgIpc) is 4.16. The molecule has 0 bridgehead atoms. The van der Waals surface area contributed by atoms with Crippen LogP contribution in [-0.4, -0.2) is 162 Å². The molecule has 6 aromatic rings. The number of amides is 2. The molecule has 2 amide bonds. The van der Waals surface area contributed by atoms with Crippen LogP contribution in [0.1, 0.15) is 83.8 Å². The predicted octanol–water partition coefficient (Wildman–Crippen LogP) is 9.20. The summed E-state index contributed by atoms with van der Waals surface area (Å²) in [6.07, 6.45) is 10.6. The quantitative estimate of drug-likeness (QED) is 0.0789. The molecule has 8 heterocycles. The Hall–Kier alpha value is -8.91. The van der Waals surface area contributed by atoms with Crippen molar-refractivity contribution >= 4 is 68.5 Å². The zero-order valence-electron chi connectivity index (χ0n) is 49.9. The van der Waals surface area contributed by atoms with Crippen LogP contribution in [0.3, 0.4) is 0 Å². The van der Waals surface area contributed by atoms with E-state index in [2.05, 4.69) is 149 Å². The first-order valence-electron chi connectivity index (χ1n) is 30.5. The molecule has 18 nitrogen and oxygen atoms in total. The van der Waals surface area contributed by atoms with Crippen LogP contribution in [0.25, 0.3) is 33.7 Å². The lowest BCUT2D eigenvalue weighted by Crippen LogP contribution is -2.55. The van der Waals surface area contributed by atoms with Crippen LogP contribution in [0.2, 0.25) is 0 Å². The molecule has 0 spiro atoms. The minimum absolute atomic E-state index is 0.0356. The fourth-order valence-electron chi connectivity index (χ4n) is 14.3. The van der Waals surface area contributed by atoms with Crippen molar-refractivity contribution in [3.8, 4) is 24.2 Å². The standard InChI is InChI=1S/C68H75FN14O4/c1-7-45-14-10-16-47-17-12-20-59(62(45)47)78-30-25-54-56(40-78)72-68(75-64(54)80-32-34-82(61(84)9-3)50(38-80)23-27-70)87-43-53-21-22-58(77(53)6)49-36-48-18-11-15-46(8-2)63(48)60(37-49)79-31-26-55-57(41-79)73-67(86-42-52-19-13-29-76(52)5)74-65(55)81-33-35-83(66(85)44(4)69)51(39-81)24-28-71/h7-12,14-18,20,36-37,50-53,58H,1-4,13,19,21-26,29-35,38-43H2,5-6H3/t50-,51-,52-,53-,58?/m0/s1. The number of piperazine rings is 2. The van der Waals surface area contributed by atoms with Crippen LogP contribution in [-0.2, 0) is 35.5 Å². The van der Waals surface area contributed by atoms with E-state index < -0.39 is 17.8 Å². The molecular weight excluding hydrogens is 1100 g/mol. The van der Waals surface area contributed by atoms with Gasteiger partial charge >= 0.3 is 12.0 Å². The Labute approximate surface area is 508 Å². The monoisotopic (exact) mass is 1170 g/mol. The van der Waals surface area contributed by atoms with Crippen molar-refractivity contribution in [1.29, 1.82) is 10.5 Å². The number of nitrogens with zero attached hydrogens (tertiary/aromatic N) is 14. The van der Waals surface area contributed by atoms with E-state index in [9.17, 15) is 24.5 Å². The van der Waals surface area contributed by atoms with Crippen LogP contribution in [0.15, 0.2) is 105 Å². The van der Waals surface area contributed by atoms with Gasteiger partial charge in [0, 0.05) is 104 Å². The second-order valence-corrected chi connectivity index (χ2v) is 23.8. The zero-order valence-corrected chi connectivity index (χ0v) is 49.9. The molecule has 6 aliphatic heterocycles. The van der Waals surface area contributed by atoms with Gasteiger partial charge in [-0.25, -0.2) is 4.39 Å². The smallest absolute Gasteiger partial charge is 0.318 e. The number of anilines is 4. The molecule has 4 saturated heterocycles. The van der Waals surface area contributed by atoms with Crippen molar-refractivity contribution in [1.82, 2.24) is 39.5 Å². The molecule has 6 aliphatic rings. The van der Waals surface area contributed by atoms with E-state index in [-0.39, 0.29) is 55.5 Å². The second kappa shape index (κ2) is 25.2. The van der Waals surface area contributed by atoms with Gasteiger partial charge in [-0.05, 0) is 111 Å². The number of fused-ring (bicyclic) bond motifs is 4. The maximum absolute atomic E-state index is 14.3. The van der Waals surface area contributed by atoms with Crippen LogP contribution < -0.4 is 29.1 Å². The van der Waals surface area contributed by atoms with Crippen LogP contribution in [0.4, 0.5) is 27.4 Å². The summed E-state index contributed by atoms with van der Waals surface area (Å²) >= 11 is 0. The maximum Gasteiger partial charge on any atom is 0.318 e. The van der Waals surface area contributed by atoms with Gasteiger partial charge in [0.2, 0.25) is 5.91 Å². The maximum atomic E-state index is 14.3. The number of carbonyl (C=O) groups is 2. The average molecular weight is 1170 g/mol. The van der Waals surface area contributed by atoms with Gasteiger partial charge in [0.1, 0.15) is 24.8 Å². The number of halogens is 1. The Balaban J connectivity index is 0.829. The summed E-state index contributed by atoms with van der Waals surface area (Å²) in [5.41, 5.74) is 9.28. The van der Waals surface area contributed by atoms with Gasteiger partial charge < -0.3 is 43.8 Å². The van der Waals surface area contributed by atoms with E-state index in [0.717, 1.165) is 117 Å². The highest BCUT2D eigenvalue weighted by atomic mass is 19.1. The van der Waals surface area contributed by atoms with Gasteiger partial charge in [-0.2, -0.15) is 30.5 Å². The van der Waals surface area contributed by atoms with E-state index in [4.69, 9.17) is 29.4 Å². The fourth-order valence-corrected chi connectivity index (χ4v) is 14.3. The lowest BCUT2D eigenvalue weighted by Gasteiger charge is -2.42. The zero-order chi connectivity index (χ0) is 60.5. The Morgan fingerprint density at radius 3 is 1.78 bits per heavy atom. The molecule has 1 unspecified atom stereocenters. The Morgan fingerprint density at radius 2 is 1.21 bits per heavy atom. The lowest BCUT2D eigenvalue weighted by atomic mass is 9.94. The first kappa shape index (κ1) is 58.5. The number of hydrogen-bond donors (Lipinski definition) is 0. The summed E-state index contributed by atoms with van der Waals surface area (Å²) in [5.74, 6) is -0.497. The molecule has 0 radical (unpaired) electrons. The van der Waals surface area contributed by atoms with Crippen molar-refractivity contribution in [2.75, 3.05) is 106 Å². The van der Waals surface area contributed by atoms with Crippen molar-refractivity contribution < 1.29 is 23.5 Å². The minimum Gasteiger partial charge on any atom is -0.462 e. The molecule has 4 fully saturated rings. The molecule has 2 aromatic heterocycles. The second-order valence-electron chi connectivity index (χ2n) is 23.8. The summed E-state index contributed by atoms with van der Waals surface area (Å²) in [4.78, 5) is 63.7. The SMILES string of the molecule is C=CC(=O)N1CCN(c2nc(OC[C@@H]3CCC(c4cc(N5CCc6c(nc(OC[C@@H]7CCCN7C)nc6N6CCN(C(=O)C(=C)F)[C@@H](CC#N)C6)C5)c5c(C=C)cccc5c4)N3C)nc3c2CCN(c2cccc4cccc(C=C)c24)C3)C[C@@H]1CC#N. The van der Waals surface area contributed by atoms with E-state index in [1.54, 1.807) is 4.90 Å². The number of nitriles is 2. The molecule has 0 aliphatic carbocycles. The van der Waals surface area contributed by atoms with E-state index >= 15 is 0 Å². The van der Waals surface area contributed by atoms with E-state index in [1.165, 1.54) is 16.5 Å². The van der Waals surface area contributed by atoms with E-state index in [0.29, 0.717) is 84.4 Å². The first-order chi connectivity index (χ1) is 42.4. The van der Waals surface area contributed by atoms with Crippen molar-refractivity contribution in [2.24, 2.45) is 0 Å². The van der Waals surface area contributed by atoms with Crippen LogP contribution in [0, 0.1) is 22.7 Å². The lowest BCUT2D eigenvalue weighted by molar-refractivity contribution is -0.131. The molecule has 12 rings (SSSR count). The highest BCUT2D eigenvalue weighted by molar-refractivity contribution is 6.02. The number of aromatic nitrogens is 4. The molecule has 4 aromatic carbocycles. The Bertz CT molecular complexity index is 3780. The number of likely N-dealkylation sites (N-methyl/N-ethyl adjacent to an activating group) is 2. The van der Waals surface area contributed by atoms with E-state index in [1.807, 2.05) is 12.2 Å². The highest BCUT2D eigenvalue weighted by Crippen LogP contribution is 2.43. The molecule has 448 valence electrons. The topological polar surface area (TPSA) is 178 Å². The number of likely N-dealkylation sites (tertiary alicyclic amines) is 2. The number of benzene rings is 4. The van der Waals surface area contributed by atoms with Gasteiger partial charge in [0.15, 0.2) is 5.83 Å². The van der Waals surface area contributed by atoms with Gasteiger partial charge in [-0.3, -0.25) is 14.5 Å². The summed E-state index contributed by atoms with van der Waals surface area (Å²) in [6, 6.07) is 28.3. The van der Waals surface area contributed by atoms with Crippen LogP contribution in [0.5, 0.6) is 12.0 Å². The normalized spacial score (nSPS) is 21.5. The number of carbonyl (C=O) groups excluding carboxylic acids is 2. The third kappa shape index (κ3) is 11.5. The summed E-state index contributed by atoms with van der Waals surface area (Å²) in [7, 11) is 4.29.